The van der Waals surface area contributed by atoms with Gasteiger partial charge in [0, 0.05) is 11.8 Å². The summed E-state index contributed by atoms with van der Waals surface area (Å²) in [6.07, 6.45) is 3.10. The molecule has 1 aliphatic heterocycles. The maximum absolute atomic E-state index is 12.6. The lowest BCUT2D eigenvalue weighted by molar-refractivity contribution is -0.122. The largest absolute Gasteiger partial charge is 0.489 e. The second-order valence-corrected chi connectivity index (χ2v) is 6.86. The third-order valence-electron chi connectivity index (χ3n) is 5.04. The SMILES string of the molecule is N#CC1(C(=O)Nc2cccc(COc3ccc4c(c3)OCO4)c2)CCCC1. The summed E-state index contributed by atoms with van der Waals surface area (Å²) >= 11 is 0. The highest BCUT2D eigenvalue weighted by molar-refractivity contribution is 5.97. The van der Waals surface area contributed by atoms with Crippen molar-refractivity contribution in [3.63, 3.8) is 0 Å². The second kappa shape index (κ2) is 7.20. The van der Waals surface area contributed by atoms with E-state index in [1.54, 1.807) is 6.07 Å². The molecule has 6 heteroatoms. The molecule has 0 aromatic heterocycles. The molecule has 138 valence electrons. The van der Waals surface area contributed by atoms with Crippen LogP contribution in [0.4, 0.5) is 5.69 Å². The number of benzene rings is 2. The van der Waals surface area contributed by atoms with Crippen molar-refractivity contribution < 1.29 is 19.0 Å². The number of anilines is 1. The van der Waals surface area contributed by atoms with Crippen LogP contribution >= 0.6 is 0 Å². The van der Waals surface area contributed by atoms with Gasteiger partial charge in [0.25, 0.3) is 0 Å². The van der Waals surface area contributed by atoms with E-state index in [0.29, 0.717) is 42.4 Å². The number of carbonyl (C=O) groups is 1. The molecule has 0 unspecified atom stereocenters. The standard InChI is InChI=1S/C21H20N2O4/c22-13-21(8-1-2-9-21)20(24)23-16-5-3-4-15(10-16)12-25-17-6-7-18-19(11-17)27-14-26-18/h3-7,10-11H,1-2,8-9,12,14H2,(H,23,24). The van der Waals surface area contributed by atoms with Gasteiger partial charge in [0.05, 0.1) is 6.07 Å². The van der Waals surface area contributed by atoms with Gasteiger partial charge in [-0.2, -0.15) is 5.26 Å². The Morgan fingerprint density at radius 2 is 1.96 bits per heavy atom. The summed E-state index contributed by atoms with van der Waals surface area (Å²) in [5, 5.41) is 12.3. The van der Waals surface area contributed by atoms with E-state index in [4.69, 9.17) is 14.2 Å². The van der Waals surface area contributed by atoms with Crippen LogP contribution in [0.1, 0.15) is 31.2 Å². The molecular formula is C21H20N2O4. The summed E-state index contributed by atoms with van der Waals surface area (Å²) in [6.45, 7) is 0.581. The van der Waals surface area contributed by atoms with Crippen molar-refractivity contribution in [3.05, 3.63) is 48.0 Å². The Morgan fingerprint density at radius 1 is 1.15 bits per heavy atom. The number of nitrogens with zero attached hydrogens (tertiary/aromatic N) is 1. The van der Waals surface area contributed by atoms with Crippen LogP contribution in [-0.2, 0) is 11.4 Å². The van der Waals surface area contributed by atoms with Gasteiger partial charge < -0.3 is 19.5 Å². The van der Waals surface area contributed by atoms with E-state index in [9.17, 15) is 10.1 Å². The third kappa shape index (κ3) is 3.54. The Morgan fingerprint density at radius 3 is 2.78 bits per heavy atom. The molecule has 2 aromatic carbocycles. The topological polar surface area (TPSA) is 80.6 Å². The molecule has 2 aliphatic rings. The summed E-state index contributed by atoms with van der Waals surface area (Å²) in [7, 11) is 0. The van der Waals surface area contributed by atoms with E-state index < -0.39 is 5.41 Å². The Balaban J connectivity index is 1.40. The minimum Gasteiger partial charge on any atom is -0.489 e. The normalized spacial score (nSPS) is 16.6. The first-order valence-electron chi connectivity index (χ1n) is 9.03. The number of nitrogens with one attached hydrogen (secondary N) is 1. The summed E-state index contributed by atoms with van der Waals surface area (Å²) in [5.41, 5.74) is 0.704. The van der Waals surface area contributed by atoms with Gasteiger partial charge in [-0.05, 0) is 42.7 Å². The van der Waals surface area contributed by atoms with Crippen molar-refractivity contribution in [2.45, 2.75) is 32.3 Å². The zero-order valence-corrected chi connectivity index (χ0v) is 14.9. The molecule has 0 spiro atoms. The summed E-state index contributed by atoms with van der Waals surface area (Å²) in [5.74, 6) is 1.86. The molecule has 1 heterocycles. The maximum Gasteiger partial charge on any atom is 0.244 e. The first-order chi connectivity index (χ1) is 13.2. The van der Waals surface area contributed by atoms with Crippen molar-refractivity contribution in [1.82, 2.24) is 0 Å². The molecule has 0 saturated heterocycles. The van der Waals surface area contributed by atoms with E-state index in [2.05, 4.69) is 11.4 Å². The van der Waals surface area contributed by atoms with Crippen molar-refractivity contribution >= 4 is 11.6 Å². The molecule has 0 bridgehead atoms. The highest BCUT2D eigenvalue weighted by Gasteiger charge is 2.41. The van der Waals surface area contributed by atoms with E-state index in [1.165, 1.54) is 0 Å². The fraction of sp³-hybridized carbons (Fsp3) is 0.333. The lowest BCUT2D eigenvalue weighted by Gasteiger charge is -2.19. The Kier molecular flexibility index (Phi) is 4.59. The molecule has 27 heavy (non-hydrogen) atoms. The van der Waals surface area contributed by atoms with Crippen LogP contribution in [0.2, 0.25) is 0 Å². The number of rotatable bonds is 5. The van der Waals surface area contributed by atoms with Crippen LogP contribution < -0.4 is 19.5 Å². The van der Waals surface area contributed by atoms with Crippen molar-refractivity contribution in [1.29, 1.82) is 5.26 Å². The monoisotopic (exact) mass is 364 g/mol. The van der Waals surface area contributed by atoms with Crippen LogP contribution in [0.15, 0.2) is 42.5 Å². The molecule has 0 radical (unpaired) electrons. The summed E-state index contributed by atoms with van der Waals surface area (Å²) < 4.78 is 16.5. The molecule has 1 amide bonds. The molecule has 4 rings (SSSR count). The van der Waals surface area contributed by atoms with E-state index in [-0.39, 0.29) is 12.7 Å². The van der Waals surface area contributed by atoms with Crippen molar-refractivity contribution in [2.75, 3.05) is 12.1 Å². The molecule has 6 nitrogen and oxygen atoms in total. The summed E-state index contributed by atoms with van der Waals surface area (Å²) in [4.78, 5) is 12.6. The average Bonchev–Trinajstić information content (AvgIpc) is 3.36. The van der Waals surface area contributed by atoms with Crippen LogP contribution in [0, 0.1) is 16.7 Å². The van der Waals surface area contributed by atoms with Gasteiger partial charge in [-0.15, -0.1) is 0 Å². The van der Waals surface area contributed by atoms with Gasteiger partial charge in [0.1, 0.15) is 17.8 Å². The fourth-order valence-electron chi connectivity index (χ4n) is 3.49. The fourth-order valence-corrected chi connectivity index (χ4v) is 3.49. The van der Waals surface area contributed by atoms with Gasteiger partial charge in [-0.1, -0.05) is 25.0 Å². The number of carbonyl (C=O) groups excluding carboxylic acids is 1. The van der Waals surface area contributed by atoms with Gasteiger partial charge in [0.2, 0.25) is 12.7 Å². The smallest absolute Gasteiger partial charge is 0.244 e. The van der Waals surface area contributed by atoms with E-state index in [0.717, 1.165) is 18.4 Å². The highest BCUT2D eigenvalue weighted by Crippen LogP contribution is 2.38. The number of hydrogen-bond donors (Lipinski definition) is 1. The minimum absolute atomic E-state index is 0.212. The van der Waals surface area contributed by atoms with E-state index in [1.807, 2.05) is 36.4 Å². The lowest BCUT2D eigenvalue weighted by atomic mass is 9.87. The Labute approximate surface area is 157 Å². The number of nitriles is 1. The quantitative estimate of drug-likeness (QED) is 0.867. The van der Waals surface area contributed by atoms with Crippen LogP contribution in [-0.4, -0.2) is 12.7 Å². The lowest BCUT2D eigenvalue weighted by Crippen LogP contribution is -2.32. The summed E-state index contributed by atoms with van der Waals surface area (Å²) in [6, 6.07) is 15.1. The van der Waals surface area contributed by atoms with Gasteiger partial charge in [-0.3, -0.25) is 4.79 Å². The third-order valence-corrected chi connectivity index (χ3v) is 5.04. The molecular weight excluding hydrogens is 344 g/mol. The van der Waals surface area contributed by atoms with Crippen LogP contribution in [0.25, 0.3) is 0 Å². The van der Waals surface area contributed by atoms with E-state index >= 15 is 0 Å². The minimum atomic E-state index is -0.890. The van der Waals surface area contributed by atoms with Gasteiger partial charge in [0.15, 0.2) is 11.5 Å². The van der Waals surface area contributed by atoms with Gasteiger partial charge >= 0.3 is 0 Å². The number of hydrogen-bond acceptors (Lipinski definition) is 5. The van der Waals surface area contributed by atoms with Crippen molar-refractivity contribution in [3.8, 4) is 23.3 Å². The molecule has 1 fully saturated rings. The van der Waals surface area contributed by atoms with Gasteiger partial charge in [-0.25, -0.2) is 0 Å². The number of fused-ring (bicyclic) bond motifs is 1. The van der Waals surface area contributed by atoms with Crippen molar-refractivity contribution in [2.24, 2.45) is 5.41 Å². The molecule has 1 aliphatic carbocycles. The predicted octanol–water partition coefficient (Wildman–Crippen LogP) is 4.02. The number of amides is 1. The predicted molar refractivity (Wildman–Crippen MR) is 98.5 cm³/mol. The molecule has 2 aromatic rings. The first kappa shape index (κ1) is 17.2. The van der Waals surface area contributed by atoms with Crippen LogP contribution in [0.3, 0.4) is 0 Å². The zero-order chi connectivity index (χ0) is 18.7. The molecule has 1 N–H and O–H groups in total. The molecule has 1 saturated carbocycles. The highest BCUT2D eigenvalue weighted by atomic mass is 16.7. The second-order valence-electron chi connectivity index (χ2n) is 6.86. The first-order valence-corrected chi connectivity index (χ1v) is 9.03. The number of ether oxygens (including phenoxy) is 3. The van der Waals surface area contributed by atoms with Crippen LogP contribution in [0.5, 0.6) is 17.2 Å². The maximum atomic E-state index is 12.6. The average molecular weight is 364 g/mol. The molecule has 0 atom stereocenters. The Bertz CT molecular complexity index is 897. The Hall–Kier alpha value is -3.20. The zero-order valence-electron chi connectivity index (χ0n) is 14.9.